The summed E-state index contributed by atoms with van der Waals surface area (Å²) in [4.78, 5) is 29.7. The van der Waals surface area contributed by atoms with E-state index in [-0.39, 0.29) is 26.6 Å². The fourth-order valence-corrected chi connectivity index (χ4v) is 2.17. The molecule has 1 N–H and O–H groups in total. The van der Waals surface area contributed by atoms with Gasteiger partial charge in [-0.25, -0.2) is 9.97 Å². The standard InChI is InChI=1S/C11H5Cl3N4O3/c12-6-3-1-2-5(8(6)18(20)21)11(19)17-7-9(13)15-4-16-10(7)14/h1-4H,(H,17,19). The molecule has 0 aliphatic heterocycles. The fraction of sp³-hybridized carbons (Fsp3) is 0. The smallest absolute Gasteiger partial charge is 0.300 e. The largest absolute Gasteiger partial charge is 0.317 e. The predicted octanol–water partition coefficient (Wildman–Crippen LogP) is 3.60. The van der Waals surface area contributed by atoms with Crippen LogP contribution in [0.25, 0.3) is 0 Å². The van der Waals surface area contributed by atoms with E-state index in [2.05, 4.69) is 15.3 Å². The number of nitro benzene ring substituents is 1. The zero-order valence-electron chi connectivity index (χ0n) is 10.0. The van der Waals surface area contributed by atoms with E-state index < -0.39 is 16.5 Å². The molecule has 7 nitrogen and oxygen atoms in total. The first kappa shape index (κ1) is 15.4. The van der Waals surface area contributed by atoms with Crippen molar-refractivity contribution >= 4 is 52.1 Å². The van der Waals surface area contributed by atoms with Gasteiger partial charge in [-0.15, -0.1) is 0 Å². The molecule has 1 aromatic carbocycles. The summed E-state index contributed by atoms with van der Waals surface area (Å²) >= 11 is 17.3. The zero-order valence-corrected chi connectivity index (χ0v) is 12.3. The molecule has 1 aromatic heterocycles. The minimum Gasteiger partial charge on any atom is -0.317 e. The first-order chi connectivity index (χ1) is 9.91. The number of nitrogens with zero attached hydrogens (tertiary/aromatic N) is 3. The minimum absolute atomic E-state index is 0.0416. The van der Waals surface area contributed by atoms with Gasteiger partial charge in [-0.05, 0) is 12.1 Å². The Kier molecular flexibility index (Phi) is 4.56. The highest BCUT2D eigenvalue weighted by molar-refractivity contribution is 6.38. The molecule has 21 heavy (non-hydrogen) atoms. The number of para-hydroxylation sites is 1. The van der Waals surface area contributed by atoms with Crippen molar-refractivity contribution in [2.24, 2.45) is 0 Å². The Morgan fingerprint density at radius 1 is 1.19 bits per heavy atom. The van der Waals surface area contributed by atoms with Crippen molar-refractivity contribution in [2.45, 2.75) is 0 Å². The molecule has 2 rings (SSSR count). The van der Waals surface area contributed by atoms with Gasteiger partial charge in [-0.3, -0.25) is 14.9 Å². The van der Waals surface area contributed by atoms with Gasteiger partial charge in [0.2, 0.25) is 0 Å². The van der Waals surface area contributed by atoms with Gasteiger partial charge in [0.25, 0.3) is 5.91 Å². The molecule has 0 spiro atoms. The molecule has 1 amide bonds. The molecule has 0 radical (unpaired) electrons. The van der Waals surface area contributed by atoms with Crippen molar-refractivity contribution in [1.82, 2.24) is 9.97 Å². The first-order valence-corrected chi connectivity index (χ1v) is 6.45. The molecule has 0 bridgehead atoms. The number of nitrogens with one attached hydrogen (secondary N) is 1. The van der Waals surface area contributed by atoms with Crippen LogP contribution in [-0.4, -0.2) is 20.8 Å². The highest BCUT2D eigenvalue weighted by Crippen LogP contribution is 2.31. The summed E-state index contributed by atoms with van der Waals surface area (Å²) in [5.41, 5.74) is -0.788. The molecular weight excluding hydrogens is 343 g/mol. The summed E-state index contributed by atoms with van der Waals surface area (Å²) in [6, 6.07) is 3.97. The van der Waals surface area contributed by atoms with E-state index in [1.165, 1.54) is 18.2 Å². The molecule has 0 fully saturated rings. The van der Waals surface area contributed by atoms with Crippen LogP contribution in [0.2, 0.25) is 15.3 Å². The van der Waals surface area contributed by atoms with Crippen LogP contribution >= 0.6 is 34.8 Å². The van der Waals surface area contributed by atoms with Crippen molar-refractivity contribution in [1.29, 1.82) is 0 Å². The van der Waals surface area contributed by atoms with E-state index in [0.29, 0.717) is 0 Å². The summed E-state index contributed by atoms with van der Waals surface area (Å²) in [5, 5.41) is 13.0. The highest BCUT2D eigenvalue weighted by Gasteiger charge is 2.24. The number of carbonyl (C=O) groups is 1. The Bertz CT molecular complexity index is 718. The Morgan fingerprint density at radius 2 is 1.81 bits per heavy atom. The molecule has 1 heterocycles. The van der Waals surface area contributed by atoms with Gasteiger partial charge in [-0.2, -0.15) is 0 Å². The lowest BCUT2D eigenvalue weighted by atomic mass is 10.1. The number of hydrogen-bond donors (Lipinski definition) is 1. The molecule has 0 saturated carbocycles. The maximum absolute atomic E-state index is 12.1. The fourth-order valence-electron chi connectivity index (χ4n) is 1.51. The van der Waals surface area contributed by atoms with E-state index in [1.807, 2.05) is 0 Å². The second-order valence-corrected chi connectivity index (χ2v) is 4.80. The van der Waals surface area contributed by atoms with E-state index in [4.69, 9.17) is 34.8 Å². The second kappa shape index (κ2) is 6.21. The number of carbonyl (C=O) groups excluding carboxylic acids is 1. The predicted molar refractivity (Wildman–Crippen MR) is 78.1 cm³/mol. The summed E-state index contributed by atoms with van der Waals surface area (Å²) in [5.74, 6) is -0.803. The Morgan fingerprint density at radius 3 is 2.38 bits per heavy atom. The summed E-state index contributed by atoms with van der Waals surface area (Å²) in [6.45, 7) is 0. The molecule has 0 saturated heterocycles. The number of amides is 1. The molecule has 0 unspecified atom stereocenters. The lowest BCUT2D eigenvalue weighted by Crippen LogP contribution is -2.15. The van der Waals surface area contributed by atoms with Crippen molar-refractivity contribution in [3.05, 3.63) is 55.5 Å². The van der Waals surface area contributed by atoms with Gasteiger partial charge in [0, 0.05) is 0 Å². The number of aromatic nitrogens is 2. The third-order valence-electron chi connectivity index (χ3n) is 2.41. The Labute approximate surface area is 133 Å². The summed E-state index contributed by atoms with van der Waals surface area (Å²) in [6.07, 6.45) is 1.11. The molecular formula is C11H5Cl3N4O3. The Balaban J connectivity index is 2.43. The van der Waals surface area contributed by atoms with Crippen LogP contribution in [0.5, 0.6) is 0 Å². The molecule has 0 aliphatic carbocycles. The molecule has 0 aliphatic rings. The van der Waals surface area contributed by atoms with Gasteiger partial charge in [-0.1, -0.05) is 40.9 Å². The number of rotatable bonds is 3. The maximum atomic E-state index is 12.1. The van der Waals surface area contributed by atoms with Crippen molar-refractivity contribution in [2.75, 3.05) is 5.32 Å². The van der Waals surface area contributed by atoms with E-state index in [1.54, 1.807) is 0 Å². The topological polar surface area (TPSA) is 98.0 Å². The highest BCUT2D eigenvalue weighted by atomic mass is 35.5. The quantitative estimate of drug-likeness (QED) is 0.519. The molecule has 2 aromatic rings. The Hall–Kier alpha value is -1.96. The molecule has 10 heteroatoms. The number of halogens is 3. The van der Waals surface area contributed by atoms with Crippen LogP contribution in [0, 0.1) is 10.1 Å². The van der Waals surface area contributed by atoms with Crippen LogP contribution in [0.15, 0.2) is 24.5 Å². The average Bonchev–Trinajstić information content (AvgIpc) is 2.42. The van der Waals surface area contributed by atoms with Crippen molar-refractivity contribution in [3.63, 3.8) is 0 Å². The third kappa shape index (κ3) is 3.21. The van der Waals surface area contributed by atoms with Gasteiger partial charge < -0.3 is 5.32 Å². The lowest BCUT2D eigenvalue weighted by molar-refractivity contribution is -0.385. The summed E-state index contributed by atoms with van der Waals surface area (Å²) in [7, 11) is 0. The van der Waals surface area contributed by atoms with Gasteiger partial charge >= 0.3 is 5.69 Å². The molecule has 0 atom stereocenters. The first-order valence-electron chi connectivity index (χ1n) is 5.32. The molecule has 108 valence electrons. The lowest BCUT2D eigenvalue weighted by Gasteiger charge is -2.08. The number of nitro groups is 1. The van der Waals surface area contributed by atoms with Crippen LogP contribution in [0.4, 0.5) is 11.4 Å². The minimum atomic E-state index is -0.803. The van der Waals surface area contributed by atoms with E-state index in [9.17, 15) is 14.9 Å². The SMILES string of the molecule is O=C(Nc1c(Cl)ncnc1Cl)c1cccc(Cl)c1[N+](=O)[O-]. The number of anilines is 1. The monoisotopic (exact) mass is 346 g/mol. The van der Waals surface area contributed by atoms with Crippen molar-refractivity contribution in [3.8, 4) is 0 Å². The van der Waals surface area contributed by atoms with E-state index >= 15 is 0 Å². The number of benzene rings is 1. The van der Waals surface area contributed by atoms with E-state index in [0.717, 1.165) is 6.33 Å². The van der Waals surface area contributed by atoms with Crippen LogP contribution in [0.3, 0.4) is 0 Å². The zero-order chi connectivity index (χ0) is 15.6. The van der Waals surface area contributed by atoms with Crippen LogP contribution in [0.1, 0.15) is 10.4 Å². The third-order valence-corrected chi connectivity index (χ3v) is 3.29. The van der Waals surface area contributed by atoms with Crippen molar-refractivity contribution < 1.29 is 9.72 Å². The normalized spacial score (nSPS) is 10.2. The van der Waals surface area contributed by atoms with Gasteiger partial charge in [0.15, 0.2) is 10.3 Å². The van der Waals surface area contributed by atoms with Gasteiger partial charge in [0.1, 0.15) is 22.6 Å². The van der Waals surface area contributed by atoms with Crippen LogP contribution in [-0.2, 0) is 0 Å². The van der Waals surface area contributed by atoms with Gasteiger partial charge in [0.05, 0.1) is 4.92 Å². The number of hydrogen-bond acceptors (Lipinski definition) is 5. The maximum Gasteiger partial charge on any atom is 0.300 e. The van der Waals surface area contributed by atoms with Crippen LogP contribution < -0.4 is 5.32 Å². The average molecular weight is 348 g/mol. The second-order valence-electron chi connectivity index (χ2n) is 3.68. The summed E-state index contributed by atoms with van der Waals surface area (Å²) < 4.78 is 0.